The average molecular weight is 336 g/mol. The lowest BCUT2D eigenvalue weighted by Gasteiger charge is -2.36. The molecule has 0 saturated carbocycles. The Labute approximate surface area is 148 Å². The second-order valence-corrected chi connectivity index (χ2v) is 6.94. The summed E-state index contributed by atoms with van der Waals surface area (Å²) in [6.07, 6.45) is 9.60. The summed E-state index contributed by atoms with van der Waals surface area (Å²) < 4.78 is 0. The minimum Gasteiger partial charge on any atom is -0.356 e. The summed E-state index contributed by atoms with van der Waals surface area (Å²) in [7, 11) is 0. The van der Waals surface area contributed by atoms with Crippen LogP contribution in [0.5, 0.6) is 0 Å². The maximum absolute atomic E-state index is 13.2. The molecular weight excluding hydrogens is 312 g/mol. The summed E-state index contributed by atoms with van der Waals surface area (Å²) in [5.41, 5.74) is 1.21. The van der Waals surface area contributed by atoms with Crippen LogP contribution >= 0.6 is 0 Å². The third-order valence-corrected chi connectivity index (χ3v) is 5.37. The van der Waals surface area contributed by atoms with Gasteiger partial charge in [-0.3, -0.25) is 9.78 Å². The maximum atomic E-state index is 13.2. The highest BCUT2D eigenvalue weighted by atomic mass is 16.2. The van der Waals surface area contributed by atoms with E-state index in [2.05, 4.69) is 19.8 Å². The molecule has 4 heterocycles. The molecule has 2 aliphatic rings. The SMILES string of the molecule is O=C([C@@H]1CCCN(c2ccccn2)C1)N1CCC[C@H]1c1ccncc1. The van der Waals surface area contributed by atoms with E-state index >= 15 is 0 Å². The van der Waals surface area contributed by atoms with Crippen LogP contribution in [0.4, 0.5) is 5.82 Å². The van der Waals surface area contributed by atoms with Crippen LogP contribution < -0.4 is 4.90 Å². The number of likely N-dealkylation sites (tertiary alicyclic amines) is 1. The van der Waals surface area contributed by atoms with Gasteiger partial charge in [0, 0.05) is 38.2 Å². The minimum atomic E-state index is 0.0678. The van der Waals surface area contributed by atoms with Gasteiger partial charge in [-0.2, -0.15) is 0 Å². The Morgan fingerprint density at radius 2 is 1.84 bits per heavy atom. The van der Waals surface area contributed by atoms with Crippen molar-refractivity contribution in [3.8, 4) is 0 Å². The number of hydrogen-bond acceptors (Lipinski definition) is 4. The monoisotopic (exact) mass is 336 g/mol. The molecule has 130 valence electrons. The number of anilines is 1. The predicted molar refractivity (Wildman–Crippen MR) is 97.1 cm³/mol. The van der Waals surface area contributed by atoms with Crippen LogP contribution in [0.1, 0.15) is 37.3 Å². The first-order valence-corrected chi connectivity index (χ1v) is 9.19. The van der Waals surface area contributed by atoms with Crippen LogP contribution in [0.3, 0.4) is 0 Å². The van der Waals surface area contributed by atoms with E-state index in [-0.39, 0.29) is 12.0 Å². The molecule has 4 rings (SSSR count). The first kappa shape index (κ1) is 16.1. The molecule has 2 fully saturated rings. The number of hydrogen-bond donors (Lipinski definition) is 0. The lowest BCUT2D eigenvalue weighted by Crippen LogP contribution is -2.45. The lowest BCUT2D eigenvalue weighted by atomic mass is 9.95. The summed E-state index contributed by atoms with van der Waals surface area (Å²) in [4.78, 5) is 26.1. The fourth-order valence-corrected chi connectivity index (χ4v) is 4.12. The van der Waals surface area contributed by atoms with E-state index in [1.165, 1.54) is 5.56 Å². The van der Waals surface area contributed by atoms with E-state index < -0.39 is 0 Å². The van der Waals surface area contributed by atoms with Crippen molar-refractivity contribution >= 4 is 11.7 Å². The van der Waals surface area contributed by atoms with Gasteiger partial charge in [0.1, 0.15) is 5.82 Å². The van der Waals surface area contributed by atoms with Crippen molar-refractivity contribution in [2.75, 3.05) is 24.5 Å². The minimum absolute atomic E-state index is 0.0678. The molecule has 2 aromatic rings. The topological polar surface area (TPSA) is 49.3 Å². The number of nitrogens with zero attached hydrogens (tertiary/aromatic N) is 4. The van der Waals surface area contributed by atoms with Crippen molar-refractivity contribution in [1.29, 1.82) is 0 Å². The zero-order valence-electron chi connectivity index (χ0n) is 14.4. The number of carbonyl (C=O) groups excluding carboxylic acids is 1. The molecule has 2 aromatic heterocycles. The Morgan fingerprint density at radius 3 is 2.64 bits per heavy atom. The molecule has 2 saturated heterocycles. The number of carbonyl (C=O) groups is 1. The van der Waals surface area contributed by atoms with Crippen LogP contribution in [0.2, 0.25) is 0 Å². The lowest BCUT2D eigenvalue weighted by molar-refractivity contribution is -0.136. The molecule has 0 aliphatic carbocycles. The Morgan fingerprint density at radius 1 is 1.00 bits per heavy atom. The molecule has 0 bridgehead atoms. The molecule has 0 radical (unpaired) electrons. The molecule has 0 N–H and O–H groups in total. The second-order valence-electron chi connectivity index (χ2n) is 6.94. The maximum Gasteiger partial charge on any atom is 0.227 e. The van der Waals surface area contributed by atoms with E-state index in [0.717, 1.165) is 51.1 Å². The van der Waals surface area contributed by atoms with Crippen molar-refractivity contribution < 1.29 is 4.79 Å². The van der Waals surface area contributed by atoms with Crippen molar-refractivity contribution in [3.05, 3.63) is 54.5 Å². The highest BCUT2D eigenvalue weighted by Crippen LogP contribution is 2.34. The average Bonchev–Trinajstić information content (AvgIpc) is 3.19. The number of aromatic nitrogens is 2. The predicted octanol–water partition coefficient (Wildman–Crippen LogP) is 3.06. The van der Waals surface area contributed by atoms with Gasteiger partial charge in [0.2, 0.25) is 5.91 Å². The fraction of sp³-hybridized carbons (Fsp3) is 0.450. The molecule has 0 aromatic carbocycles. The van der Waals surface area contributed by atoms with Gasteiger partial charge in [0.05, 0.1) is 12.0 Å². The molecule has 1 amide bonds. The quantitative estimate of drug-likeness (QED) is 0.864. The van der Waals surface area contributed by atoms with Gasteiger partial charge in [-0.25, -0.2) is 4.98 Å². The van der Waals surface area contributed by atoms with Gasteiger partial charge < -0.3 is 9.80 Å². The molecule has 0 spiro atoms. The highest BCUT2D eigenvalue weighted by Gasteiger charge is 2.35. The van der Waals surface area contributed by atoms with Gasteiger partial charge in [0.15, 0.2) is 0 Å². The van der Waals surface area contributed by atoms with Crippen molar-refractivity contribution in [2.24, 2.45) is 5.92 Å². The summed E-state index contributed by atoms with van der Waals surface area (Å²) >= 11 is 0. The van der Waals surface area contributed by atoms with E-state index in [9.17, 15) is 4.79 Å². The third-order valence-electron chi connectivity index (χ3n) is 5.37. The zero-order valence-corrected chi connectivity index (χ0v) is 14.4. The summed E-state index contributed by atoms with van der Waals surface area (Å²) in [6, 6.07) is 10.3. The van der Waals surface area contributed by atoms with Gasteiger partial charge in [-0.15, -0.1) is 0 Å². The van der Waals surface area contributed by atoms with Crippen LogP contribution in [-0.2, 0) is 4.79 Å². The number of pyridine rings is 2. The normalized spacial score (nSPS) is 23.7. The van der Waals surface area contributed by atoms with E-state index in [0.29, 0.717) is 5.91 Å². The smallest absolute Gasteiger partial charge is 0.227 e. The van der Waals surface area contributed by atoms with Crippen LogP contribution in [-0.4, -0.2) is 40.4 Å². The first-order valence-electron chi connectivity index (χ1n) is 9.19. The summed E-state index contributed by atoms with van der Waals surface area (Å²) in [5.74, 6) is 1.35. The molecule has 2 aliphatic heterocycles. The molecule has 5 nitrogen and oxygen atoms in total. The molecule has 5 heteroatoms. The highest BCUT2D eigenvalue weighted by molar-refractivity contribution is 5.80. The van der Waals surface area contributed by atoms with Gasteiger partial charge in [-0.1, -0.05) is 6.07 Å². The third kappa shape index (κ3) is 3.36. The molecule has 0 unspecified atom stereocenters. The Balaban J connectivity index is 1.48. The fourth-order valence-electron chi connectivity index (χ4n) is 4.12. The summed E-state index contributed by atoms with van der Waals surface area (Å²) in [5, 5.41) is 0. The van der Waals surface area contributed by atoms with Crippen molar-refractivity contribution in [3.63, 3.8) is 0 Å². The zero-order chi connectivity index (χ0) is 17.1. The molecular formula is C20H24N4O. The van der Waals surface area contributed by atoms with Crippen molar-refractivity contribution in [1.82, 2.24) is 14.9 Å². The largest absolute Gasteiger partial charge is 0.356 e. The van der Waals surface area contributed by atoms with E-state index in [1.54, 1.807) is 0 Å². The Hall–Kier alpha value is -2.43. The van der Waals surface area contributed by atoms with Crippen LogP contribution in [0, 0.1) is 5.92 Å². The standard InChI is InChI=1S/C20H24N4O/c25-20(24-14-4-6-18(24)16-8-11-21-12-9-16)17-5-3-13-23(15-17)19-7-1-2-10-22-19/h1-2,7-12,17-18H,3-6,13-15H2/t17-,18+/m1/s1. The second kappa shape index (κ2) is 7.21. The molecule has 2 atom stereocenters. The van der Waals surface area contributed by atoms with Crippen LogP contribution in [0.25, 0.3) is 0 Å². The number of amides is 1. The van der Waals surface area contributed by atoms with Crippen molar-refractivity contribution in [2.45, 2.75) is 31.7 Å². The first-order chi connectivity index (χ1) is 12.3. The van der Waals surface area contributed by atoms with Gasteiger partial charge >= 0.3 is 0 Å². The Bertz CT molecular complexity index is 706. The van der Waals surface area contributed by atoms with Crippen LogP contribution in [0.15, 0.2) is 48.9 Å². The van der Waals surface area contributed by atoms with E-state index in [4.69, 9.17) is 0 Å². The Kier molecular flexibility index (Phi) is 4.63. The van der Waals surface area contributed by atoms with E-state index in [1.807, 2.05) is 48.9 Å². The molecule has 25 heavy (non-hydrogen) atoms. The van der Waals surface area contributed by atoms with Gasteiger partial charge in [-0.05, 0) is 55.5 Å². The number of rotatable bonds is 3. The summed E-state index contributed by atoms with van der Waals surface area (Å²) in [6.45, 7) is 2.62. The van der Waals surface area contributed by atoms with Gasteiger partial charge in [0.25, 0.3) is 0 Å². The number of piperidine rings is 1.